The summed E-state index contributed by atoms with van der Waals surface area (Å²) in [5, 5.41) is 9.40. The molecule has 1 aromatic heterocycles. The highest BCUT2D eigenvalue weighted by molar-refractivity contribution is 6.05. The molecule has 1 aliphatic carbocycles. The monoisotopic (exact) mass is 351 g/mol. The maximum Gasteiger partial charge on any atom is 0.339 e. The van der Waals surface area contributed by atoms with Gasteiger partial charge < -0.3 is 9.64 Å². The number of nitrogens with zero attached hydrogens (tertiary/aromatic N) is 3. The molecular weight excluding hydrogens is 330 g/mol. The van der Waals surface area contributed by atoms with Gasteiger partial charge in [0.1, 0.15) is 0 Å². The molecule has 134 valence electrons. The lowest BCUT2D eigenvalue weighted by Crippen LogP contribution is -2.38. The van der Waals surface area contributed by atoms with E-state index in [0.717, 1.165) is 41.4 Å². The molecule has 1 aromatic carbocycles. The van der Waals surface area contributed by atoms with Crippen LogP contribution in [0.3, 0.4) is 0 Å². The van der Waals surface area contributed by atoms with Gasteiger partial charge in [0.05, 0.1) is 23.6 Å². The first-order chi connectivity index (χ1) is 12.5. The topological polar surface area (TPSA) is 83.3 Å². The number of para-hydroxylation sites is 1. The highest BCUT2D eigenvalue weighted by Crippen LogP contribution is 2.30. The predicted molar refractivity (Wildman–Crippen MR) is 96.5 cm³/mol. The number of esters is 1. The Morgan fingerprint density at radius 3 is 2.88 bits per heavy atom. The van der Waals surface area contributed by atoms with E-state index < -0.39 is 12.1 Å². The van der Waals surface area contributed by atoms with E-state index in [-0.39, 0.29) is 12.3 Å². The molecule has 0 bridgehead atoms. The van der Waals surface area contributed by atoms with Crippen LogP contribution in [-0.4, -0.2) is 41.5 Å². The molecule has 6 heteroatoms. The maximum atomic E-state index is 12.9. The van der Waals surface area contributed by atoms with Crippen LogP contribution in [0.1, 0.15) is 41.4 Å². The van der Waals surface area contributed by atoms with Crippen molar-refractivity contribution in [3.63, 3.8) is 0 Å². The average Bonchev–Trinajstić information content (AvgIpc) is 3.10. The summed E-state index contributed by atoms with van der Waals surface area (Å²) in [7, 11) is 1.60. The van der Waals surface area contributed by atoms with Crippen LogP contribution in [0.5, 0.6) is 0 Å². The van der Waals surface area contributed by atoms with Crippen LogP contribution in [0.2, 0.25) is 0 Å². The lowest BCUT2D eigenvalue weighted by Gasteiger charge is -2.21. The standard InChI is InChI=1S/C20H21N3O3/c1-13(19(24)23(2)12-6-11-21)26-20(25)18-14-7-3-4-9-16(14)22-17-10-5-8-15(17)18/h3-4,7,9,13H,5-6,8,10,12H2,1-2H3/t13-/m0/s1. The molecule has 1 aliphatic rings. The second-order valence-electron chi connectivity index (χ2n) is 6.50. The van der Waals surface area contributed by atoms with Crippen molar-refractivity contribution in [1.29, 1.82) is 5.26 Å². The van der Waals surface area contributed by atoms with Gasteiger partial charge in [-0.2, -0.15) is 5.26 Å². The van der Waals surface area contributed by atoms with Crippen molar-refractivity contribution in [3.8, 4) is 6.07 Å². The minimum Gasteiger partial charge on any atom is -0.449 e. The predicted octanol–water partition coefficient (Wildman–Crippen LogP) is 2.64. The Morgan fingerprint density at radius 2 is 2.12 bits per heavy atom. The van der Waals surface area contributed by atoms with E-state index >= 15 is 0 Å². The van der Waals surface area contributed by atoms with Crippen molar-refractivity contribution in [3.05, 3.63) is 41.1 Å². The Bertz CT molecular complexity index is 901. The summed E-state index contributed by atoms with van der Waals surface area (Å²) >= 11 is 0. The summed E-state index contributed by atoms with van der Waals surface area (Å²) in [6.07, 6.45) is 1.94. The van der Waals surface area contributed by atoms with Crippen LogP contribution in [0.15, 0.2) is 24.3 Å². The number of amides is 1. The van der Waals surface area contributed by atoms with Crippen LogP contribution < -0.4 is 0 Å². The molecule has 3 rings (SSSR count). The summed E-state index contributed by atoms with van der Waals surface area (Å²) < 4.78 is 5.49. The van der Waals surface area contributed by atoms with Crippen molar-refractivity contribution >= 4 is 22.8 Å². The third kappa shape index (κ3) is 3.38. The van der Waals surface area contributed by atoms with E-state index in [1.54, 1.807) is 14.0 Å². The first-order valence-corrected chi connectivity index (χ1v) is 8.76. The number of rotatable bonds is 5. The Balaban J connectivity index is 1.87. The number of benzene rings is 1. The van der Waals surface area contributed by atoms with Gasteiger partial charge in [-0.1, -0.05) is 18.2 Å². The van der Waals surface area contributed by atoms with Crippen LogP contribution >= 0.6 is 0 Å². The molecule has 2 aromatic rings. The van der Waals surface area contributed by atoms with Gasteiger partial charge in [-0.25, -0.2) is 4.79 Å². The average molecular weight is 351 g/mol. The third-order valence-electron chi connectivity index (χ3n) is 4.69. The molecule has 0 fully saturated rings. The van der Waals surface area contributed by atoms with E-state index in [1.807, 2.05) is 30.3 Å². The Hall–Kier alpha value is -2.94. The molecule has 1 amide bonds. The highest BCUT2D eigenvalue weighted by Gasteiger charge is 2.28. The zero-order valence-electron chi connectivity index (χ0n) is 15.0. The zero-order chi connectivity index (χ0) is 18.7. The summed E-state index contributed by atoms with van der Waals surface area (Å²) in [5.41, 5.74) is 3.18. The van der Waals surface area contributed by atoms with Gasteiger partial charge in [0.15, 0.2) is 6.10 Å². The molecule has 0 saturated heterocycles. The van der Waals surface area contributed by atoms with Gasteiger partial charge in [0, 0.05) is 24.7 Å². The van der Waals surface area contributed by atoms with Gasteiger partial charge >= 0.3 is 5.97 Å². The lowest BCUT2D eigenvalue weighted by molar-refractivity contribution is -0.138. The number of carbonyl (C=O) groups excluding carboxylic acids is 2. The van der Waals surface area contributed by atoms with Crippen LogP contribution in [-0.2, 0) is 22.4 Å². The van der Waals surface area contributed by atoms with Crippen LogP contribution in [0.25, 0.3) is 10.9 Å². The zero-order valence-corrected chi connectivity index (χ0v) is 15.0. The first kappa shape index (κ1) is 17.9. The number of likely N-dealkylation sites (N-methyl/N-ethyl adjacent to an activating group) is 1. The summed E-state index contributed by atoms with van der Waals surface area (Å²) in [6, 6.07) is 9.51. The third-order valence-corrected chi connectivity index (χ3v) is 4.69. The number of aromatic nitrogens is 1. The van der Waals surface area contributed by atoms with E-state index in [4.69, 9.17) is 10.00 Å². The van der Waals surface area contributed by atoms with Crippen molar-refractivity contribution < 1.29 is 14.3 Å². The number of hydrogen-bond acceptors (Lipinski definition) is 5. The number of nitriles is 1. The van der Waals surface area contributed by atoms with E-state index in [2.05, 4.69) is 4.98 Å². The number of ether oxygens (including phenoxy) is 1. The normalized spacial score (nSPS) is 13.7. The minimum atomic E-state index is -0.907. The summed E-state index contributed by atoms with van der Waals surface area (Å²) in [5.74, 6) is -0.806. The van der Waals surface area contributed by atoms with Gasteiger partial charge in [0.2, 0.25) is 0 Å². The minimum absolute atomic E-state index is 0.241. The molecular formula is C20H21N3O3. The molecule has 0 radical (unpaired) electrons. The van der Waals surface area contributed by atoms with Crippen LogP contribution in [0, 0.1) is 11.3 Å². The Labute approximate surface area is 152 Å². The molecule has 0 saturated carbocycles. The Morgan fingerprint density at radius 1 is 1.35 bits per heavy atom. The first-order valence-electron chi connectivity index (χ1n) is 8.76. The van der Waals surface area contributed by atoms with Gasteiger partial charge in [-0.15, -0.1) is 0 Å². The second kappa shape index (κ2) is 7.52. The van der Waals surface area contributed by atoms with Crippen molar-refractivity contribution in [1.82, 2.24) is 9.88 Å². The van der Waals surface area contributed by atoms with Crippen molar-refractivity contribution in [2.75, 3.05) is 13.6 Å². The fourth-order valence-corrected chi connectivity index (χ4v) is 3.35. The molecule has 6 nitrogen and oxygen atoms in total. The number of aryl methyl sites for hydroxylation is 1. The fourth-order valence-electron chi connectivity index (χ4n) is 3.35. The molecule has 1 atom stereocenters. The SMILES string of the molecule is C[C@H](OC(=O)c1c2c(nc3ccccc13)CCC2)C(=O)N(C)CCC#N. The van der Waals surface area contributed by atoms with E-state index in [9.17, 15) is 9.59 Å². The maximum absolute atomic E-state index is 12.9. The quantitative estimate of drug-likeness (QED) is 0.773. The van der Waals surface area contributed by atoms with E-state index in [0.29, 0.717) is 12.1 Å². The lowest BCUT2D eigenvalue weighted by atomic mass is 10.0. The summed E-state index contributed by atoms with van der Waals surface area (Å²) in [4.78, 5) is 31.3. The highest BCUT2D eigenvalue weighted by atomic mass is 16.5. The van der Waals surface area contributed by atoms with Crippen molar-refractivity contribution in [2.45, 2.75) is 38.7 Å². The van der Waals surface area contributed by atoms with Gasteiger partial charge in [-0.05, 0) is 37.8 Å². The van der Waals surface area contributed by atoms with Gasteiger partial charge in [-0.3, -0.25) is 9.78 Å². The Kier molecular flexibility index (Phi) is 5.17. The van der Waals surface area contributed by atoms with E-state index in [1.165, 1.54) is 4.90 Å². The molecule has 0 spiro atoms. The van der Waals surface area contributed by atoms with Gasteiger partial charge in [0.25, 0.3) is 5.91 Å². The molecule has 0 N–H and O–H groups in total. The van der Waals surface area contributed by atoms with Crippen molar-refractivity contribution in [2.24, 2.45) is 0 Å². The molecule has 26 heavy (non-hydrogen) atoms. The number of carbonyl (C=O) groups is 2. The van der Waals surface area contributed by atoms with Crippen LogP contribution in [0.4, 0.5) is 0 Å². The second-order valence-corrected chi connectivity index (χ2v) is 6.50. The smallest absolute Gasteiger partial charge is 0.339 e. The summed E-state index contributed by atoms with van der Waals surface area (Å²) in [6.45, 7) is 1.87. The number of pyridine rings is 1. The largest absolute Gasteiger partial charge is 0.449 e. The molecule has 0 unspecified atom stereocenters. The molecule has 0 aliphatic heterocycles. The molecule has 1 heterocycles. The number of fused-ring (bicyclic) bond motifs is 2. The number of hydrogen-bond donors (Lipinski definition) is 0. The fraction of sp³-hybridized carbons (Fsp3) is 0.400.